The largest absolute Gasteiger partial charge is 0.342 e. The third-order valence-electron chi connectivity index (χ3n) is 5.70. The van der Waals surface area contributed by atoms with Crippen LogP contribution in [0.1, 0.15) is 57.4 Å². The molecular formula is C18H26N4O2. The minimum atomic E-state index is 0.000168. The van der Waals surface area contributed by atoms with Gasteiger partial charge in [-0.25, -0.2) is 4.68 Å². The molecule has 3 aliphatic rings. The van der Waals surface area contributed by atoms with E-state index in [1.165, 1.54) is 12.8 Å². The molecule has 3 fully saturated rings. The van der Waals surface area contributed by atoms with Crippen LogP contribution in [-0.4, -0.2) is 39.6 Å². The molecule has 0 atom stereocenters. The first-order valence-electron chi connectivity index (χ1n) is 9.35. The summed E-state index contributed by atoms with van der Waals surface area (Å²) in [5.41, 5.74) is 0. The molecule has 1 aromatic heterocycles. The number of hydrogen-bond donors (Lipinski definition) is 1. The third-order valence-corrected chi connectivity index (χ3v) is 5.70. The Kier molecular flexibility index (Phi) is 4.29. The van der Waals surface area contributed by atoms with Gasteiger partial charge in [0.2, 0.25) is 11.8 Å². The number of nitrogens with one attached hydrogen (secondary N) is 1. The van der Waals surface area contributed by atoms with E-state index in [9.17, 15) is 9.59 Å². The first-order chi connectivity index (χ1) is 11.7. The van der Waals surface area contributed by atoms with E-state index in [2.05, 4.69) is 10.4 Å². The quantitative estimate of drug-likeness (QED) is 0.922. The molecule has 0 spiro atoms. The van der Waals surface area contributed by atoms with Gasteiger partial charge in [-0.1, -0.05) is 12.8 Å². The summed E-state index contributed by atoms with van der Waals surface area (Å²) in [5, 5.41) is 7.48. The number of aromatic nitrogens is 2. The summed E-state index contributed by atoms with van der Waals surface area (Å²) >= 11 is 0. The molecule has 4 rings (SSSR count). The van der Waals surface area contributed by atoms with Crippen molar-refractivity contribution in [2.45, 2.75) is 57.4 Å². The monoisotopic (exact) mass is 330 g/mol. The first-order valence-corrected chi connectivity index (χ1v) is 9.35. The van der Waals surface area contributed by atoms with Crippen molar-refractivity contribution in [3.8, 4) is 0 Å². The SMILES string of the molecule is O=C(Nc1ccnn1C1CCCC1)C1CCN(C(=O)C2CC2)CC1. The second kappa shape index (κ2) is 6.57. The Bertz CT molecular complexity index is 608. The van der Waals surface area contributed by atoms with E-state index in [0.29, 0.717) is 11.9 Å². The van der Waals surface area contributed by atoms with Crippen molar-refractivity contribution >= 4 is 17.6 Å². The van der Waals surface area contributed by atoms with Crippen molar-refractivity contribution in [3.63, 3.8) is 0 Å². The van der Waals surface area contributed by atoms with Crippen molar-refractivity contribution in [2.75, 3.05) is 18.4 Å². The van der Waals surface area contributed by atoms with Crippen molar-refractivity contribution in [1.82, 2.24) is 14.7 Å². The minimum Gasteiger partial charge on any atom is -0.342 e. The number of carbonyl (C=O) groups is 2. The average molecular weight is 330 g/mol. The predicted octanol–water partition coefficient (Wildman–Crippen LogP) is 2.59. The molecule has 1 aromatic rings. The summed E-state index contributed by atoms with van der Waals surface area (Å²) < 4.78 is 1.98. The Balaban J connectivity index is 1.32. The lowest BCUT2D eigenvalue weighted by molar-refractivity contribution is -0.135. The molecule has 0 bridgehead atoms. The molecule has 1 N–H and O–H groups in total. The van der Waals surface area contributed by atoms with E-state index in [4.69, 9.17) is 0 Å². The van der Waals surface area contributed by atoms with Gasteiger partial charge in [0.05, 0.1) is 12.2 Å². The number of hydrogen-bond acceptors (Lipinski definition) is 3. The highest BCUT2D eigenvalue weighted by Gasteiger charge is 2.36. The smallest absolute Gasteiger partial charge is 0.228 e. The number of rotatable bonds is 4. The average Bonchev–Trinajstić information content (AvgIpc) is 3.12. The Morgan fingerprint density at radius 1 is 1.00 bits per heavy atom. The van der Waals surface area contributed by atoms with Crippen LogP contribution in [0.25, 0.3) is 0 Å². The standard InChI is InChI=1S/C18H26N4O2/c23-17(13-8-11-21(12-9-13)18(24)14-5-6-14)20-16-7-10-19-22(16)15-3-1-2-4-15/h7,10,13-15H,1-6,8-9,11-12H2,(H,20,23). The van der Waals surface area contributed by atoms with E-state index in [1.807, 2.05) is 15.6 Å². The van der Waals surface area contributed by atoms with Crippen LogP contribution >= 0.6 is 0 Å². The van der Waals surface area contributed by atoms with Crippen LogP contribution in [0, 0.1) is 11.8 Å². The number of likely N-dealkylation sites (tertiary alicyclic amines) is 1. The van der Waals surface area contributed by atoms with Crippen LogP contribution in [0.2, 0.25) is 0 Å². The molecule has 2 saturated carbocycles. The minimum absolute atomic E-state index is 0.000168. The highest BCUT2D eigenvalue weighted by Crippen LogP contribution is 2.33. The fourth-order valence-corrected chi connectivity index (χ4v) is 4.03. The highest BCUT2D eigenvalue weighted by molar-refractivity contribution is 5.92. The zero-order valence-electron chi connectivity index (χ0n) is 14.1. The lowest BCUT2D eigenvalue weighted by Gasteiger charge is -2.31. The maximum atomic E-state index is 12.6. The Morgan fingerprint density at radius 3 is 2.38 bits per heavy atom. The Morgan fingerprint density at radius 2 is 1.71 bits per heavy atom. The number of amides is 2. The fourth-order valence-electron chi connectivity index (χ4n) is 4.03. The van der Waals surface area contributed by atoms with E-state index in [0.717, 1.165) is 57.4 Å². The predicted molar refractivity (Wildman–Crippen MR) is 90.4 cm³/mol. The number of anilines is 1. The molecule has 0 unspecified atom stereocenters. The summed E-state index contributed by atoms with van der Waals surface area (Å²) in [5.74, 6) is 1.47. The van der Waals surface area contributed by atoms with Gasteiger partial charge >= 0.3 is 0 Å². The molecule has 0 aromatic carbocycles. The first kappa shape index (κ1) is 15.7. The van der Waals surface area contributed by atoms with E-state index >= 15 is 0 Å². The van der Waals surface area contributed by atoms with Crippen molar-refractivity contribution in [3.05, 3.63) is 12.3 Å². The Labute approximate surface area is 142 Å². The van der Waals surface area contributed by atoms with Crippen LogP contribution < -0.4 is 5.32 Å². The maximum Gasteiger partial charge on any atom is 0.228 e. The van der Waals surface area contributed by atoms with E-state index < -0.39 is 0 Å². The van der Waals surface area contributed by atoms with Gasteiger partial charge < -0.3 is 10.2 Å². The fraction of sp³-hybridized carbons (Fsp3) is 0.722. The van der Waals surface area contributed by atoms with Gasteiger partial charge in [-0.3, -0.25) is 9.59 Å². The summed E-state index contributed by atoms with van der Waals surface area (Å²) in [4.78, 5) is 26.6. The van der Waals surface area contributed by atoms with Gasteiger partial charge in [-0.05, 0) is 38.5 Å². The van der Waals surface area contributed by atoms with Crippen LogP contribution in [0.4, 0.5) is 5.82 Å². The van der Waals surface area contributed by atoms with Crippen molar-refractivity contribution in [1.29, 1.82) is 0 Å². The summed E-state index contributed by atoms with van der Waals surface area (Å²) in [6.45, 7) is 1.44. The highest BCUT2D eigenvalue weighted by atomic mass is 16.2. The van der Waals surface area contributed by atoms with Crippen LogP contribution in [-0.2, 0) is 9.59 Å². The number of nitrogens with zero attached hydrogens (tertiary/aromatic N) is 3. The topological polar surface area (TPSA) is 67.2 Å². The lowest BCUT2D eigenvalue weighted by Crippen LogP contribution is -2.42. The lowest BCUT2D eigenvalue weighted by atomic mass is 9.95. The molecule has 1 aliphatic heterocycles. The Hall–Kier alpha value is -1.85. The van der Waals surface area contributed by atoms with Crippen LogP contribution in [0.15, 0.2) is 12.3 Å². The zero-order chi connectivity index (χ0) is 16.5. The molecule has 2 amide bonds. The molecular weight excluding hydrogens is 304 g/mol. The van der Waals surface area contributed by atoms with Gasteiger partial charge in [0.1, 0.15) is 5.82 Å². The molecule has 24 heavy (non-hydrogen) atoms. The van der Waals surface area contributed by atoms with Gasteiger partial charge in [-0.2, -0.15) is 5.10 Å². The third kappa shape index (κ3) is 3.19. The van der Waals surface area contributed by atoms with Crippen molar-refractivity contribution in [2.24, 2.45) is 11.8 Å². The second-order valence-corrected chi connectivity index (χ2v) is 7.46. The molecule has 6 heteroatoms. The van der Waals surface area contributed by atoms with Gasteiger partial charge in [0.15, 0.2) is 0 Å². The van der Waals surface area contributed by atoms with Gasteiger partial charge in [-0.15, -0.1) is 0 Å². The molecule has 130 valence electrons. The summed E-state index contributed by atoms with van der Waals surface area (Å²) in [6, 6.07) is 2.32. The van der Waals surface area contributed by atoms with Gasteiger partial charge in [0, 0.05) is 31.0 Å². The van der Waals surface area contributed by atoms with Crippen molar-refractivity contribution < 1.29 is 9.59 Å². The maximum absolute atomic E-state index is 12.6. The van der Waals surface area contributed by atoms with Gasteiger partial charge in [0.25, 0.3) is 0 Å². The molecule has 2 heterocycles. The molecule has 1 saturated heterocycles. The molecule has 2 aliphatic carbocycles. The van der Waals surface area contributed by atoms with Crippen LogP contribution in [0.3, 0.4) is 0 Å². The van der Waals surface area contributed by atoms with E-state index in [-0.39, 0.29) is 17.7 Å². The summed E-state index contributed by atoms with van der Waals surface area (Å²) in [7, 11) is 0. The second-order valence-electron chi connectivity index (χ2n) is 7.46. The number of piperidine rings is 1. The molecule has 0 radical (unpaired) electrons. The normalized spacial score (nSPS) is 22.8. The molecule has 6 nitrogen and oxygen atoms in total. The zero-order valence-corrected chi connectivity index (χ0v) is 14.1. The van der Waals surface area contributed by atoms with E-state index in [1.54, 1.807) is 6.20 Å². The summed E-state index contributed by atoms with van der Waals surface area (Å²) in [6.07, 6.45) is 10.2. The number of carbonyl (C=O) groups excluding carboxylic acids is 2. The van der Waals surface area contributed by atoms with Crippen LogP contribution in [0.5, 0.6) is 0 Å².